The lowest BCUT2D eigenvalue weighted by Gasteiger charge is -2.18. The fourth-order valence-electron chi connectivity index (χ4n) is 1.77. The van der Waals surface area contributed by atoms with Crippen molar-refractivity contribution in [3.63, 3.8) is 0 Å². The van der Waals surface area contributed by atoms with Crippen LogP contribution in [0.15, 0.2) is 34.9 Å². The molecule has 1 aromatic carbocycles. The van der Waals surface area contributed by atoms with E-state index in [4.69, 9.17) is 20.9 Å². The van der Waals surface area contributed by atoms with Gasteiger partial charge in [-0.05, 0) is 31.9 Å². The van der Waals surface area contributed by atoms with E-state index in [2.05, 4.69) is 5.16 Å². The van der Waals surface area contributed by atoms with Gasteiger partial charge >= 0.3 is 5.97 Å². The first-order chi connectivity index (χ1) is 9.87. The first-order valence-electron chi connectivity index (χ1n) is 6.70. The van der Waals surface area contributed by atoms with Gasteiger partial charge in [0.25, 0.3) is 0 Å². The van der Waals surface area contributed by atoms with E-state index in [0.717, 1.165) is 11.1 Å². The molecule has 0 aliphatic carbocycles. The largest absolute Gasteiger partial charge is 0.455 e. The molecule has 0 aliphatic heterocycles. The number of halogens is 1. The Morgan fingerprint density at radius 3 is 2.43 bits per heavy atom. The van der Waals surface area contributed by atoms with Crippen molar-refractivity contribution in [1.29, 1.82) is 0 Å². The van der Waals surface area contributed by atoms with Gasteiger partial charge in [-0.3, -0.25) is 0 Å². The molecular weight excluding hydrogens is 290 g/mol. The second kappa shape index (κ2) is 6.31. The van der Waals surface area contributed by atoms with Crippen LogP contribution < -0.4 is 0 Å². The smallest absolute Gasteiger partial charge is 0.361 e. The fourth-order valence-corrected chi connectivity index (χ4v) is 1.95. The average molecular weight is 308 g/mol. The number of esters is 1. The van der Waals surface area contributed by atoms with E-state index in [-0.39, 0.29) is 5.69 Å². The van der Waals surface area contributed by atoms with Gasteiger partial charge in [-0.25, -0.2) is 4.79 Å². The molecular formula is C16H18ClNO3. The zero-order chi connectivity index (χ0) is 15.5. The molecule has 0 saturated carbocycles. The molecule has 0 bridgehead atoms. The van der Waals surface area contributed by atoms with Crippen molar-refractivity contribution in [1.82, 2.24) is 5.16 Å². The van der Waals surface area contributed by atoms with Crippen LogP contribution in [0.5, 0.6) is 0 Å². The molecule has 0 unspecified atom stereocenters. The van der Waals surface area contributed by atoms with Gasteiger partial charge in [0.15, 0.2) is 5.69 Å². The topological polar surface area (TPSA) is 52.3 Å². The van der Waals surface area contributed by atoms with Gasteiger partial charge in [-0.15, -0.1) is 11.6 Å². The summed E-state index contributed by atoms with van der Waals surface area (Å²) in [6, 6.07) is 9.51. The maximum absolute atomic E-state index is 11.9. The van der Waals surface area contributed by atoms with Gasteiger partial charge < -0.3 is 9.26 Å². The second-order valence-electron chi connectivity index (χ2n) is 5.81. The summed E-state index contributed by atoms with van der Waals surface area (Å²) in [5.74, 6) is 0.634. The number of rotatable bonds is 4. The van der Waals surface area contributed by atoms with E-state index in [9.17, 15) is 4.79 Å². The molecule has 0 aliphatic rings. The Bertz CT molecular complexity index is 611. The number of ether oxygens (including phenoxy) is 1. The van der Waals surface area contributed by atoms with Crippen molar-refractivity contribution >= 4 is 17.6 Å². The Kier molecular flexibility index (Phi) is 4.68. The van der Waals surface area contributed by atoms with Gasteiger partial charge in [0.05, 0.1) is 0 Å². The maximum atomic E-state index is 11.9. The summed E-state index contributed by atoms with van der Waals surface area (Å²) >= 11 is 5.75. The first-order valence-corrected chi connectivity index (χ1v) is 7.23. The molecule has 0 fully saturated rings. The predicted octanol–water partition coefficient (Wildman–Crippen LogP) is 3.96. The number of aromatic nitrogens is 1. The molecule has 0 saturated heterocycles. The summed E-state index contributed by atoms with van der Waals surface area (Å²) in [6.45, 7) is 5.43. The molecule has 21 heavy (non-hydrogen) atoms. The SMILES string of the molecule is CC(C)(C)OC(=O)c1cc(Cc2ccc(CCl)cc2)on1. The van der Waals surface area contributed by atoms with E-state index in [0.29, 0.717) is 18.1 Å². The zero-order valence-corrected chi connectivity index (χ0v) is 13.1. The predicted molar refractivity (Wildman–Crippen MR) is 80.5 cm³/mol. The third kappa shape index (κ3) is 4.60. The second-order valence-corrected chi connectivity index (χ2v) is 6.07. The fraction of sp³-hybridized carbons (Fsp3) is 0.375. The number of benzene rings is 1. The molecule has 1 aromatic heterocycles. The van der Waals surface area contributed by atoms with Gasteiger partial charge in [0.1, 0.15) is 11.4 Å². The van der Waals surface area contributed by atoms with E-state index < -0.39 is 11.6 Å². The van der Waals surface area contributed by atoms with Crippen molar-refractivity contribution in [3.05, 3.63) is 52.9 Å². The number of hydrogen-bond acceptors (Lipinski definition) is 4. The minimum absolute atomic E-state index is 0.192. The standard InChI is InChI=1S/C16H18ClNO3/c1-16(2,3)20-15(19)14-9-13(21-18-14)8-11-4-6-12(10-17)7-5-11/h4-7,9H,8,10H2,1-3H3. The zero-order valence-electron chi connectivity index (χ0n) is 12.4. The summed E-state index contributed by atoms with van der Waals surface area (Å²) in [6.07, 6.45) is 0.568. The van der Waals surface area contributed by atoms with Gasteiger partial charge in [-0.2, -0.15) is 0 Å². The maximum Gasteiger partial charge on any atom is 0.361 e. The van der Waals surface area contributed by atoms with E-state index in [1.54, 1.807) is 6.07 Å². The quantitative estimate of drug-likeness (QED) is 0.634. The summed E-state index contributed by atoms with van der Waals surface area (Å²) in [4.78, 5) is 11.9. The molecule has 0 N–H and O–H groups in total. The van der Waals surface area contributed by atoms with Crippen molar-refractivity contribution in [3.8, 4) is 0 Å². The van der Waals surface area contributed by atoms with Crippen LogP contribution in [0.2, 0.25) is 0 Å². The monoisotopic (exact) mass is 307 g/mol. The number of hydrogen-bond donors (Lipinski definition) is 0. The Hall–Kier alpha value is -1.81. The third-order valence-electron chi connectivity index (χ3n) is 2.72. The van der Waals surface area contributed by atoms with Crippen LogP contribution >= 0.6 is 11.6 Å². The van der Waals surface area contributed by atoms with Crippen molar-refractivity contribution in [2.24, 2.45) is 0 Å². The molecule has 2 rings (SSSR count). The van der Waals surface area contributed by atoms with Crippen LogP contribution in [0.1, 0.15) is 48.1 Å². The van der Waals surface area contributed by atoms with Gasteiger partial charge in [0.2, 0.25) is 0 Å². The lowest BCUT2D eigenvalue weighted by atomic mass is 10.1. The van der Waals surface area contributed by atoms with Crippen LogP contribution in [0.3, 0.4) is 0 Å². The summed E-state index contributed by atoms with van der Waals surface area (Å²) in [5.41, 5.74) is 1.77. The Morgan fingerprint density at radius 1 is 1.24 bits per heavy atom. The highest BCUT2D eigenvalue weighted by atomic mass is 35.5. The molecule has 0 amide bonds. The van der Waals surface area contributed by atoms with Crippen LogP contribution in [0, 0.1) is 0 Å². The molecule has 2 aromatic rings. The lowest BCUT2D eigenvalue weighted by molar-refractivity contribution is 0.00588. The average Bonchev–Trinajstić information content (AvgIpc) is 2.86. The molecule has 1 heterocycles. The third-order valence-corrected chi connectivity index (χ3v) is 3.03. The van der Waals surface area contributed by atoms with Gasteiger partial charge in [0, 0.05) is 18.4 Å². The summed E-state index contributed by atoms with van der Waals surface area (Å²) < 4.78 is 10.4. The van der Waals surface area contributed by atoms with Crippen LogP contribution in [-0.4, -0.2) is 16.7 Å². The van der Waals surface area contributed by atoms with Gasteiger partial charge in [-0.1, -0.05) is 29.4 Å². The molecule has 4 nitrogen and oxygen atoms in total. The highest BCUT2D eigenvalue weighted by Gasteiger charge is 2.21. The number of carbonyl (C=O) groups excluding carboxylic acids is 1. The highest BCUT2D eigenvalue weighted by Crippen LogP contribution is 2.15. The molecule has 0 radical (unpaired) electrons. The van der Waals surface area contributed by atoms with Crippen molar-refractivity contribution < 1.29 is 14.1 Å². The van der Waals surface area contributed by atoms with Crippen LogP contribution in [-0.2, 0) is 17.0 Å². The van der Waals surface area contributed by atoms with Crippen LogP contribution in [0.4, 0.5) is 0 Å². The van der Waals surface area contributed by atoms with Crippen molar-refractivity contribution in [2.45, 2.75) is 38.7 Å². The van der Waals surface area contributed by atoms with E-state index in [1.165, 1.54) is 0 Å². The number of carbonyl (C=O) groups is 1. The Balaban J connectivity index is 2.04. The van der Waals surface area contributed by atoms with Crippen LogP contribution in [0.25, 0.3) is 0 Å². The highest BCUT2D eigenvalue weighted by molar-refractivity contribution is 6.17. The van der Waals surface area contributed by atoms with E-state index >= 15 is 0 Å². The Morgan fingerprint density at radius 2 is 1.86 bits per heavy atom. The number of nitrogens with zero attached hydrogens (tertiary/aromatic N) is 1. The minimum atomic E-state index is -0.548. The van der Waals surface area contributed by atoms with E-state index in [1.807, 2.05) is 45.0 Å². The minimum Gasteiger partial charge on any atom is -0.455 e. The summed E-state index contributed by atoms with van der Waals surface area (Å²) in [7, 11) is 0. The Labute approximate surface area is 129 Å². The first kappa shape index (κ1) is 15.6. The normalized spacial score (nSPS) is 11.4. The van der Waals surface area contributed by atoms with Crippen molar-refractivity contribution in [2.75, 3.05) is 0 Å². The summed E-state index contributed by atoms with van der Waals surface area (Å²) in [5, 5.41) is 3.76. The number of alkyl halides is 1. The molecule has 0 atom stereocenters. The molecule has 0 spiro atoms. The molecule has 5 heteroatoms. The molecule has 112 valence electrons. The lowest BCUT2D eigenvalue weighted by Crippen LogP contribution is -2.24.